The fourth-order valence-electron chi connectivity index (χ4n) is 1.88. The summed E-state index contributed by atoms with van der Waals surface area (Å²) in [5.74, 6) is -0.721. The van der Waals surface area contributed by atoms with Crippen molar-refractivity contribution in [3.63, 3.8) is 0 Å². The highest BCUT2D eigenvalue weighted by Crippen LogP contribution is 2.15. The van der Waals surface area contributed by atoms with Crippen molar-refractivity contribution in [2.45, 2.75) is 0 Å². The molecule has 0 saturated heterocycles. The molecule has 0 fully saturated rings. The lowest BCUT2D eigenvalue weighted by atomic mass is 10.1. The molecule has 0 aliphatic rings. The topological polar surface area (TPSA) is 84.9 Å². The number of methoxy groups -OCH3 is 1. The van der Waals surface area contributed by atoms with Crippen LogP contribution >= 0.6 is 0 Å². The van der Waals surface area contributed by atoms with Crippen LogP contribution < -0.4 is 10.1 Å². The molecule has 6 heteroatoms. The predicted octanol–water partition coefficient (Wildman–Crippen LogP) is 2.66. The summed E-state index contributed by atoms with van der Waals surface area (Å²) in [6, 6.07) is 12.7. The van der Waals surface area contributed by atoms with Gasteiger partial charge in [-0.1, -0.05) is 6.07 Å². The van der Waals surface area contributed by atoms with E-state index in [0.717, 1.165) is 0 Å². The molecular formula is C17H17NO5. The summed E-state index contributed by atoms with van der Waals surface area (Å²) in [6.45, 7) is 0.923. The van der Waals surface area contributed by atoms with Crippen molar-refractivity contribution in [1.29, 1.82) is 0 Å². The number of ether oxygens (including phenoxy) is 2. The number of carbonyl (C=O) groups excluding carboxylic acids is 1. The first-order chi connectivity index (χ1) is 11.1. The second-order valence-electron chi connectivity index (χ2n) is 4.71. The lowest BCUT2D eigenvalue weighted by Crippen LogP contribution is -2.12. The van der Waals surface area contributed by atoms with Crippen LogP contribution in [0.25, 0.3) is 0 Å². The van der Waals surface area contributed by atoms with Gasteiger partial charge in [-0.05, 0) is 42.5 Å². The van der Waals surface area contributed by atoms with E-state index >= 15 is 0 Å². The normalized spacial score (nSPS) is 10.1. The second kappa shape index (κ2) is 7.95. The van der Waals surface area contributed by atoms with Crippen molar-refractivity contribution >= 4 is 17.6 Å². The van der Waals surface area contributed by atoms with Gasteiger partial charge in [-0.25, -0.2) is 4.79 Å². The van der Waals surface area contributed by atoms with Gasteiger partial charge >= 0.3 is 5.97 Å². The van der Waals surface area contributed by atoms with Gasteiger partial charge in [-0.15, -0.1) is 0 Å². The van der Waals surface area contributed by atoms with E-state index < -0.39 is 5.97 Å². The van der Waals surface area contributed by atoms with Crippen LogP contribution in [0.1, 0.15) is 20.7 Å². The van der Waals surface area contributed by atoms with Gasteiger partial charge in [0.05, 0.1) is 12.2 Å². The number of hydrogen-bond donors (Lipinski definition) is 2. The van der Waals surface area contributed by atoms with Gasteiger partial charge < -0.3 is 19.9 Å². The Morgan fingerprint density at radius 2 is 1.78 bits per heavy atom. The molecule has 1 amide bonds. The zero-order valence-electron chi connectivity index (χ0n) is 12.6. The van der Waals surface area contributed by atoms with Crippen molar-refractivity contribution in [2.24, 2.45) is 0 Å². The van der Waals surface area contributed by atoms with E-state index in [1.807, 2.05) is 0 Å². The molecular weight excluding hydrogens is 298 g/mol. The van der Waals surface area contributed by atoms with Gasteiger partial charge in [0.15, 0.2) is 0 Å². The van der Waals surface area contributed by atoms with Crippen LogP contribution in [0.2, 0.25) is 0 Å². The third kappa shape index (κ3) is 4.82. The quantitative estimate of drug-likeness (QED) is 0.767. The number of carboxylic acids is 1. The van der Waals surface area contributed by atoms with Gasteiger partial charge in [-0.2, -0.15) is 0 Å². The smallest absolute Gasteiger partial charge is 0.335 e. The Hall–Kier alpha value is -2.86. The highest BCUT2D eigenvalue weighted by atomic mass is 16.5. The number of rotatable bonds is 7. The number of hydrogen-bond acceptors (Lipinski definition) is 4. The van der Waals surface area contributed by atoms with Gasteiger partial charge in [0, 0.05) is 18.4 Å². The molecule has 0 heterocycles. The fourth-order valence-corrected chi connectivity index (χ4v) is 1.88. The first kappa shape index (κ1) is 16.5. The SMILES string of the molecule is COCCOc1ccc(C(=O)Nc2cccc(C(=O)O)c2)cc1. The molecule has 0 saturated carbocycles. The Balaban J connectivity index is 2.00. The van der Waals surface area contributed by atoms with Crippen LogP contribution in [0, 0.1) is 0 Å². The van der Waals surface area contributed by atoms with E-state index in [4.69, 9.17) is 14.6 Å². The Morgan fingerprint density at radius 3 is 2.43 bits per heavy atom. The molecule has 0 unspecified atom stereocenters. The molecule has 0 aliphatic heterocycles. The van der Waals surface area contributed by atoms with Crippen molar-refractivity contribution in [3.8, 4) is 5.75 Å². The maximum absolute atomic E-state index is 12.1. The molecule has 120 valence electrons. The Morgan fingerprint density at radius 1 is 1.04 bits per heavy atom. The van der Waals surface area contributed by atoms with Gasteiger partial charge in [-0.3, -0.25) is 4.79 Å². The Bertz CT molecular complexity index is 682. The van der Waals surface area contributed by atoms with E-state index in [0.29, 0.717) is 30.2 Å². The van der Waals surface area contributed by atoms with Crippen molar-refractivity contribution < 1.29 is 24.2 Å². The highest BCUT2D eigenvalue weighted by Gasteiger charge is 2.08. The largest absolute Gasteiger partial charge is 0.491 e. The summed E-state index contributed by atoms with van der Waals surface area (Å²) in [4.78, 5) is 23.1. The average molecular weight is 315 g/mol. The zero-order chi connectivity index (χ0) is 16.7. The maximum Gasteiger partial charge on any atom is 0.335 e. The number of anilines is 1. The number of carbonyl (C=O) groups is 2. The Kier molecular flexibility index (Phi) is 5.71. The lowest BCUT2D eigenvalue weighted by Gasteiger charge is -2.08. The van der Waals surface area contributed by atoms with Crippen molar-refractivity contribution in [2.75, 3.05) is 25.6 Å². The molecule has 0 spiro atoms. The minimum absolute atomic E-state index is 0.115. The first-order valence-corrected chi connectivity index (χ1v) is 6.96. The van der Waals surface area contributed by atoms with Crippen LogP contribution in [-0.4, -0.2) is 37.3 Å². The molecule has 0 bridgehead atoms. The summed E-state index contributed by atoms with van der Waals surface area (Å²) in [6.07, 6.45) is 0. The molecule has 0 aromatic heterocycles. The first-order valence-electron chi connectivity index (χ1n) is 6.96. The third-order valence-electron chi connectivity index (χ3n) is 3.04. The van der Waals surface area contributed by atoms with E-state index in [-0.39, 0.29) is 11.5 Å². The molecule has 2 N–H and O–H groups in total. The molecule has 2 aromatic carbocycles. The minimum Gasteiger partial charge on any atom is -0.491 e. The highest BCUT2D eigenvalue weighted by molar-refractivity contribution is 6.04. The minimum atomic E-state index is -1.04. The van der Waals surface area contributed by atoms with Crippen molar-refractivity contribution in [3.05, 3.63) is 59.7 Å². The van der Waals surface area contributed by atoms with E-state index in [1.165, 1.54) is 12.1 Å². The maximum atomic E-state index is 12.1. The molecule has 2 rings (SSSR count). The summed E-state index contributed by atoms with van der Waals surface area (Å²) in [5, 5.41) is 11.6. The number of nitrogens with one attached hydrogen (secondary N) is 1. The number of carboxylic acid groups (broad SMARTS) is 1. The summed E-state index contributed by atoms with van der Waals surface area (Å²) in [7, 11) is 1.59. The molecule has 2 aromatic rings. The Labute approximate surface area is 133 Å². The molecule has 0 atom stereocenters. The van der Waals surface area contributed by atoms with Crippen molar-refractivity contribution in [1.82, 2.24) is 0 Å². The number of amides is 1. The number of benzene rings is 2. The second-order valence-corrected chi connectivity index (χ2v) is 4.71. The third-order valence-corrected chi connectivity index (χ3v) is 3.04. The van der Waals surface area contributed by atoms with Crippen LogP contribution in [0.3, 0.4) is 0 Å². The summed E-state index contributed by atoms with van der Waals surface area (Å²) < 4.78 is 10.3. The van der Waals surface area contributed by atoms with Gasteiger partial charge in [0.1, 0.15) is 12.4 Å². The van der Waals surface area contributed by atoms with Crippen LogP contribution in [0.15, 0.2) is 48.5 Å². The molecule has 0 aliphatic carbocycles. The lowest BCUT2D eigenvalue weighted by molar-refractivity contribution is 0.0696. The monoisotopic (exact) mass is 315 g/mol. The molecule has 0 radical (unpaired) electrons. The average Bonchev–Trinajstić information content (AvgIpc) is 2.56. The van der Waals surface area contributed by atoms with Crippen LogP contribution in [0.5, 0.6) is 5.75 Å². The number of aromatic carboxylic acids is 1. The van der Waals surface area contributed by atoms with Gasteiger partial charge in [0.25, 0.3) is 5.91 Å². The molecule has 23 heavy (non-hydrogen) atoms. The van der Waals surface area contributed by atoms with E-state index in [1.54, 1.807) is 43.5 Å². The standard InChI is InChI=1S/C17H17NO5/c1-22-9-10-23-15-7-5-12(6-8-15)16(19)18-14-4-2-3-13(11-14)17(20)21/h2-8,11H,9-10H2,1H3,(H,18,19)(H,20,21). The summed E-state index contributed by atoms with van der Waals surface area (Å²) in [5.41, 5.74) is 0.991. The van der Waals surface area contributed by atoms with Gasteiger partial charge in [0.2, 0.25) is 0 Å². The fraction of sp³-hybridized carbons (Fsp3) is 0.176. The van der Waals surface area contributed by atoms with E-state index in [2.05, 4.69) is 5.32 Å². The molecule has 6 nitrogen and oxygen atoms in total. The summed E-state index contributed by atoms with van der Waals surface area (Å²) >= 11 is 0. The zero-order valence-corrected chi connectivity index (χ0v) is 12.6. The van der Waals surface area contributed by atoms with Crippen LogP contribution in [-0.2, 0) is 4.74 Å². The van der Waals surface area contributed by atoms with Crippen LogP contribution in [0.4, 0.5) is 5.69 Å². The predicted molar refractivity (Wildman–Crippen MR) is 85.2 cm³/mol. The van der Waals surface area contributed by atoms with E-state index in [9.17, 15) is 9.59 Å².